The van der Waals surface area contributed by atoms with Gasteiger partial charge in [0.15, 0.2) is 0 Å². The van der Waals surface area contributed by atoms with Crippen LogP contribution in [0.4, 0.5) is 0 Å². The van der Waals surface area contributed by atoms with Gasteiger partial charge in [0.2, 0.25) is 11.7 Å². The summed E-state index contributed by atoms with van der Waals surface area (Å²) >= 11 is 0. The van der Waals surface area contributed by atoms with Crippen molar-refractivity contribution >= 4 is 0 Å². The van der Waals surface area contributed by atoms with Gasteiger partial charge in [-0.05, 0) is 19.3 Å². The van der Waals surface area contributed by atoms with Crippen LogP contribution in [0, 0.1) is 18.8 Å². The molecule has 0 unspecified atom stereocenters. The summed E-state index contributed by atoms with van der Waals surface area (Å²) in [6.45, 7) is 4.71. The SMILES string of the molecule is Cc1ccc(-c2noc(CN3C[C@H]4C[C@H](O)[C@H]4C3)n2)cc1. The van der Waals surface area contributed by atoms with E-state index in [9.17, 15) is 5.11 Å². The summed E-state index contributed by atoms with van der Waals surface area (Å²) in [5, 5.41) is 13.8. The minimum absolute atomic E-state index is 0.106. The van der Waals surface area contributed by atoms with Crippen molar-refractivity contribution in [2.45, 2.75) is 26.0 Å². The standard InChI is InChI=1S/C16H19N3O2/c1-10-2-4-11(5-3-10)16-17-15(21-18-16)9-19-7-12-6-14(20)13(12)8-19/h2-5,12-14,20H,6-9H2,1H3/t12-,13+,14+/m1/s1. The van der Waals surface area contributed by atoms with Gasteiger partial charge in [-0.2, -0.15) is 4.98 Å². The van der Waals surface area contributed by atoms with E-state index in [-0.39, 0.29) is 6.10 Å². The number of nitrogens with zero attached hydrogens (tertiary/aromatic N) is 3. The highest BCUT2D eigenvalue weighted by molar-refractivity contribution is 5.54. The largest absolute Gasteiger partial charge is 0.393 e. The van der Waals surface area contributed by atoms with Crippen LogP contribution in [0.3, 0.4) is 0 Å². The first-order chi connectivity index (χ1) is 10.2. The molecule has 1 N–H and O–H groups in total. The number of hydrogen-bond donors (Lipinski definition) is 1. The summed E-state index contributed by atoms with van der Waals surface area (Å²) in [7, 11) is 0. The van der Waals surface area contributed by atoms with Crippen molar-refractivity contribution in [2.24, 2.45) is 11.8 Å². The molecule has 0 radical (unpaired) electrons. The van der Waals surface area contributed by atoms with Gasteiger partial charge in [-0.1, -0.05) is 35.0 Å². The zero-order valence-electron chi connectivity index (χ0n) is 12.1. The molecule has 2 aromatic rings. The molecule has 110 valence electrons. The number of rotatable bonds is 3. The van der Waals surface area contributed by atoms with Crippen molar-refractivity contribution in [3.63, 3.8) is 0 Å². The second-order valence-electron chi connectivity index (χ2n) is 6.30. The number of aliphatic hydroxyl groups excluding tert-OH is 1. The van der Waals surface area contributed by atoms with Gasteiger partial charge in [0.25, 0.3) is 0 Å². The van der Waals surface area contributed by atoms with Gasteiger partial charge < -0.3 is 9.63 Å². The molecule has 2 heterocycles. The Balaban J connectivity index is 1.44. The van der Waals surface area contributed by atoms with E-state index < -0.39 is 0 Å². The summed E-state index contributed by atoms with van der Waals surface area (Å²) in [5.41, 5.74) is 2.20. The number of hydrogen-bond acceptors (Lipinski definition) is 5. The van der Waals surface area contributed by atoms with E-state index in [1.54, 1.807) is 0 Å². The molecule has 1 aromatic carbocycles. The van der Waals surface area contributed by atoms with Crippen molar-refractivity contribution in [1.29, 1.82) is 0 Å². The van der Waals surface area contributed by atoms with Crippen LogP contribution in [0.5, 0.6) is 0 Å². The Kier molecular flexibility index (Phi) is 3.05. The molecule has 3 atom stereocenters. The molecule has 1 saturated heterocycles. The Hall–Kier alpha value is -1.72. The molecule has 5 nitrogen and oxygen atoms in total. The van der Waals surface area contributed by atoms with E-state index >= 15 is 0 Å². The van der Waals surface area contributed by atoms with Gasteiger partial charge in [-0.3, -0.25) is 4.90 Å². The predicted molar refractivity (Wildman–Crippen MR) is 77.4 cm³/mol. The predicted octanol–water partition coefficient (Wildman–Crippen LogP) is 1.86. The molecular weight excluding hydrogens is 266 g/mol. The lowest BCUT2D eigenvalue weighted by Crippen LogP contribution is -2.39. The van der Waals surface area contributed by atoms with Crippen LogP contribution in [-0.2, 0) is 6.54 Å². The number of aromatic nitrogens is 2. The third-order valence-electron chi connectivity index (χ3n) is 4.74. The molecule has 2 aliphatic rings. The van der Waals surface area contributed by atoms with Crippen LogP contribution < -0.4 is 0 Å². The molecule has 2 fully saturated rings. The molecule has 1 aliphatic carbocycles. The van der Waals surface area contributed by atoms with Crippen LogP contribution in [-0.4, -0.2) is 39.3 Å². The van der Waals surface area contributed by atoms with Gasteiger partial charge in [0, 0.05) is 24.6 Å². The highest BCUT2D eigenvalue weighted by atomic mass is 16.5. The highest BCUT2D eigenvalue weighted by Gasteiger charge is 2.46. The second kappa shape index (κ2) is 4.93. The van der Waals surface area contributed by atoms with Gasteiger partial charge in [0.05, 0.1) is 12.6 Å². The van der Waals surface area contributed by atoms with E-state index in [4.69, 9.17) is 4.52 Å². The zero-order valence-corrected chi connectivity index (χ0v) is 12.1. The molecule has 4 rings (SSSR count). The van der Waals surface area contributed by atoms with Crippen molar-refractivity contribution < 1.29 is 9.63 Å². The maximum Gasteiger partial charge on any atom is 0.241 e. The fourth-order valence-corrected chi connectivity index (χ4v) is 3.42. The van der Waals surface area contributed by atoms with Crippen LogP contribution >= 0.6 is 0 Å². The summed E-state index contributed by atoms with van der Waals surface area (Å²) in [6, 6.07) is 8.11. The number of fused-ring (bicyclic) bond motifs is 1. The molecule has 1 aromatic heterocycles. The zero-order chi connectivity index (χ0) is 14.4. The van der Waals surface area contributed by atoms with Crippen molar-refractivity contribution in [1.82, 2.24) is 15.0 Å². The third-order valence-corrected chi connectivity index (χ3v) is 4.74. The Morgan fingerprint density at radius 1 is 1.29 bits per heavy atom. The van der Waals surface area contributed by atoms with E-state index in [1.807, 2.05) is 24.3 Å². The summed E-state index contributed by atoms with van der Waals surface area (Å²) in [4.78, 5) is 6.78. The Labute approximate surface area is 123 Å². The van der Waals surface area contributed by atoms with Gasteiger partial charge in [-0.25, -0.2) is 0 Å². The van der Waals surface area contributed by atoms with Crippen LogP contribution in [0.15, 0.2) is 28.8 Å². The van der Waals surface area contributed by atoms with Gasteiger partial charge in [-0.15, -0.1) is 0 Å². The molecule has 5 heteroatoms. The molecular formula is C16H19N3O2. The maximum absolute atomic E-state index is 9.70. The molecule has 1 aliphatic heterocycles. The molecule has 0 amide bonds. The van der Waals surface area contributed by atoms with E-state index in [1.165, 1.54) is 5.56 Å². The van der Waals surface area contributed by atoms with Crippen molar-refractivity contribution in [3.05, 3.63) is 35.7 Å². The summed E-state index contributed by atoms with van der Waals surface area (Å²) in [6.07, 6.45) is 0.838. The molecule has 0 spiro atoms. The lowest BCUT2D eigenvalue weighted by molar-refractivity contribution is -0.00437. The van der Waals surface area contributed by atoms with Crippen LogP contribution in [0.2, 0.25) is 0 Å². The summed E-state index contributed by atoms with van der Waals surface area (Å²) < 4.78 is 5.36. The maximum atomic E-state index is 9.70. The highest BCUT2D eigenvalue weighted by Crippen LogP contribution is 2.41. The minimum Gasteiger partial charge on any atom is -0.393 e. The van der Waals surface area contributed by atoms with Crippen molar-refractivity contribution in [2.75, 3.05) is 13.1 Å². The first-order valence-electron chi connectivity index (χ1n) is 7.49. The normalized spacial score (nSPS) is 28.4. The first-order valence-corrected chi connectivity index (χ1v) is 7.49. The van der Waals surface area contributed by atoms with E-state index in [2.05, 4.69) is 22.0 Å². The van der Waals surface area contributed by atoms with Crippen LogP contribution in [0.1, 0.15) is 17.9 Å². The van der Waals surface area contributed by atoms with E-state index in [0.29, 0.717) is 30.1 Å². The first kappa shape index (κ1) is 13.0. The summed E-state index contributed by atoms with van der Waals surface area (Å²) in [5.74, 6) is 2.40. The number of aryl methyl sites for hydroxylation is 1. The number of likely N-dealkylation sites (tertiary alicyclic amines) is 1. The van der Waals surface area contributed by atoms with Crippen LogP contribution in [0.25, 0.3) is 11.4 Å². The number of benzene rings is 1. The minimum atomic E-state index is -0.106. The fraction of sp³-hybridized carbons (Fsp3) is 0.500. The monoisotopic (exact) mass is 285 g/mol. The number of aliphatic hydroxyl groups is 1. The average molecular weight is 285 g/mol. The Morgan fingerprint density at radius 2 is 2.10 bits per heavy atom. The van der Waals surface area contributed by atoms with E-state index in [0.717, 1.165) is 25.1 Å². The van der Waals surface area contributed by atoms with Crippen molar-refractivity contribution in [3.8, 4) is 11.4 Å². The van der Waals surface area contributed by atoms with Gasteiger partial charge >= 0.3 is 0 Å². The van der Waals surface area contributed by atoms with Gasteiger partial charge in [0.1, 0.15) is 0 Å². The topological polar surface area (TPSA) is 62.4 Å². The molecule has 1 saturated carbocycles. The lowest BCUT2D eigenvalue weighted by Gasteiger charge is -2.35. The second-order valence-corrected chi connectivity index (χ2v) is 6.30. The fourth-order valence-electron chi connectivity index (χ4n) is 3.42. The Bertz CT molecular complexity index is 637. The molecule has 21 heavy (non-hydrogen) atoms. The lowest BCUT2D eigenvalue weighted by atomic mass is 9.74. The Morgan fingerprint density at radius 3 is 2.81 bits per heavy atom. The average Bonchev–Trinajstić information content (AvgIpc) is 3.05. The third kappa shape index (κ3) is 2.36. The quantitative estimate of drug-likeness (QED) is 0.932. The smallest absolute Gasteiger partial charge is 0.241 e. The molecule has 0 bridgehead atoms.